The summed E-state index contributed by atoms with van der Waals surface area (Å²) < 4.78 is 24.7. The third-order valence-electron chi connectivity index (χ3n) is 4.72. The van der Waals surface area contributed by atoms with Gasteiger partial charge in [0.05, 0.1) is 29.6 Å². The maximum Gasteiger partial charge on any atom is 0.303 e. The Labute approximate surface area is 172 Å². The summed E-state index contributed by atoms with van der Waals surface area (Å²) in [5, 5.41) is 19.1. The van der Waals surface area contributed by atoms with Crippen molar-refractivity contribution in [3.05, 3.63) is 42.2 Å². The van der Waals surface area contributed by atoms with Gasteiger partial charge in [-0.15, -0.1) is 5.10 Å². The summed E-state index contributed by atoms with van der Waals surface area (Å²) in [6.45, 7) is 0.0421. The summed E-state index contributed by atoms with van der Waals surface area (Å²) >= 11 is 0. The third-order valence-corrected chi connectivity index (χ3v) is 6.33. The number of hydrogen-bond donors (Lipinski definition) is 2. The number of carboxylic acids is 1. The topological polar surface area (TPSA) is 152 Å². The Bertz CT molecular complexity index is 1010. The molecule has 160 valence electrons. The van der Waals surface area contributed by atoms with Gasteiger partial charge in [-0.2, -0.15) is 0 Å². The largest absolute Gasteiger partial charge is 0.481 e. The van der Waals surface area contributed by atoms with E-state index in [0.717, 1.165) is 0 Å². The predicted molar refractivity (Wildman–Crippen MR) is 105 cm³/mol. The zero-order valence-corrected chi connectivity index (χ0v) is 16.8. The van der Waals surface area contributed by atoms with Gasteiger partial charge in [-0.05, 0) is 30.7 Å². The van der Waals surface area contributed by atoms with Crippen molar-refractivity contribution in [3.8, 4) is 5.69 Å². The van der Waals surface area contributed by atoms with E-state index in [9.17, 15) is 22.8 Å². The van der Waals surface area contributed by atoms with Crippen molar-refractivity contribution in [3.63, 3.8) is 0 Å². The lowest BCUT2D eigenvalue weighted by Crippen LogP contribution is -2.53. The van der Waals surface area contributed by atoms with Crippen molar-refractivity contribution >= 4 is 27.6 Å². The number of rotatable bonds is 7. The first-order chi connectivity index (χ1) is 14.2. The molecular formula is C18H21N5O6S. The molecular weight excluding hydrogens is 414 g/mol. The van der Waals surface area contributed by atoms with Crippen molar-refractivity contribution in [2.24, 2.45) is 0 Å². The molecule has 0 unspecified atom stereocenters. The number of carboxylic acid groups (broad SMARTS) is 1. The Morgan fingerprint density at radius 3 is 2.37 bits per heavy atom. The second-order valence-corrected chi connectivity index (χ2v) is 9.13. The first-order valence-corrected chi connectivity index (χ1v) is 11.1. The van der Waals surface area contributed by atoms with Crippen LogP contribution in [0.4, 0.5) is 0 Å². The van der Waals surface area contributed by atoms with Crippen LogP contribution in [0.2, 0.25) is 0 Å². The first-order valence-electron chi connectivity index (χ1n) is 9.24. The molecule has 1 atom stereocenters. The van der Waals surface area contributed by atoms with E-state index < -0.39 is 33.7 Å². The van der Waals surface area contributed by atoms with Crippen LogP contribution in [0.1, 0.15) is 23.2 Å². The predicted octanol–water partition coefficient (Wildman–Crippen LogP) is -0.512. The molecule has 1 aliphatic heterocycles. The van der Waals surface area contributed by atoms with Crippen LogP contribution in [0.3, 0.4) is 0 Å². The fraction of sp³-hybridized carbons (Fsp3) is 0.389. The Balaban J connectivity index is 1.69. The summed E-state index contributed by atoms with van der Waals surface area (Å²) in [6, 6.07) is 5.36. The minimum Gasteiger partial charge on any atom is -0.481 e. The summed E-state index contributed by atoms with van der Waals surface area (Å²) in [6.07, 6.45) is 2.76. The number of amides is 2. The highest BCUT2D eigenvalue weighted by Crippen LogP contribution is 2.12. The van der Waals surface area contributed by atoms with Crippen LogP contribution in [-0.4, -0.2) is 81.8 Å². The molecule has 1 aromatic carbocycles. The summed E-state index contributed by atoms with van der Waals surface area (Å²) in [5.74, 6) is -2.42. The minimum absolute atomic E-state index is 0.0210. The molecule has 0 spiro atoms. The molecule has 2 amide bonds. The molecule has 1 aromatic heterocycles. The van der Waals surface area contributed by atoms with Gasteiger partial charge in [0.2, 0.25) is 5.91 Å². The highest BCUT2D eigenvalue weighted by molar-refractivity contribution is 7.91. The molecule has 2 N–H and O–H groups in total. The van der Waals surface area contributed by atoms with Gasteiger partial charge in [0, 0.05) is 25.1 Å². The molecule has 1 saturated heterocycles. The van der Waals surface area contributed by atoms with E-state index in [-0.39, 0.29) is 43.0 Å². The molecule has 30 heavy (non-hydrogen) atoms. The van der Waals surface area contributed by atoms with Crippen LogP contribution in [0, 0.1) is 0 Å². The smallest absolute Gasteiger partial charge is 0.303 e. The quantitative estimate of drug-likeness (QED) is 0.590. The van der Waals surface area contributed by atoms with E-state index in [4.69, 9.17) is 5.11 Å². The molecule has 0 radical (unpaired) electrons. The van der Waals surface area contributed by atoms with Crippen LogP contribution in [0.25, 0.3) is 5.69 Å². The third kappa shape index (κ3) is 5.41. The molecule has 1 aliphatic rings. The number of aliphatic carboxylic acids is 1. The Morgan fingerprint density at radius 1 is 1.13 bits per heavy atom. The number of nitrogens with one attached hydrogen (secondary N) is 1. The van der Waals surface area contributed by atoms with Gasteiger partial charge in [-0.3, -0.25) is 14.4 Å². The van der Waals surface area contributed by atoms with E-state index in [0.29, 0.717) is 5.69 Å². The minimum atomic E-state index is -3.18. The lowest BCUT2D eigenvalue weighted by molar-refractivity contribution is -0.138. The van der Waals surface area contributed by atoms with Crippen LogP contribution in [0.15, 0.2) is 36.7 Å². The van der Waals surface area contributed by atoms with Crippen LogP contribution >= 0.6 is 0 Å². The Kier molecular flexibility index (Phi) is 6.45. The molecule has 2 aromatic rings. The lowest BCUT2D eigenvalue weighted by atomic mass is 10.1. The highest BCUT2D eigenvalue weighted by atomic mass is 32.2. The molecule has 11 nitrogen and oxygen atoms in total. The standard InChI is InChI=1S/C18H21N5O6S/c24-16(25)6-5-15(18(27)22-9-11-30(28,29)12-10-22)20-17(26)13-1-3-14(4-2-13)23-8-7-19-21-23/h1-4,7-8,15H,5-6,9-12H2,(H,20,26)(H,24,25)/t15-/m0/s1. The van der Waals surface area contributed by atoms with Gasteiger partial charge in [-0.1, -0.05) is 5.21 Å². The zero-order valence-electron chi connectivity index (χ0n) is 16.0. The monoisotopic (exact) mass is 435 g/mol. The number of nitrogens with zero attached hydrogens (tertiary/aromatic N) is 4. The van der Waals surface area contributed by atoms with E-state index in [1.807, 2.05) is 0 Å². The van der Waals surface area contributed by atoms with Crippen LogP contribution < -0.4 is 5.32 Å². The average molecular weight is 435 g/mol. The molecule has 12 heteroatoms. The summed E-state index contributed by atoms with van der Waals surface area (Å²) in [4.78, 5) is 37.7. The Morgan fingerprint density at radius 2 is 1.80 bits per heavy atom. The van der Waals surface area contributed by atoms with Gasteiger partial charge >= 0.3 is 5.97 Å². The van der Waals surface area contributed by atoms with Gasteiger partial charge < -0.3 is 15.3 Å². The number of benzene rings is 1. The van der Waals surface area contributed by atoms with Gasteiger partial charge in [0.25, 0.3) is 5.91 Å². The maximum absolute atomic E-state index is 12.8. The molecule has 3 rings (SSSR count). The lowest BCUT2D eigenvalue weighted by Gasteiger charge is -2.30. The van der Waals surface area contributed by atoms with Gasteiger partial charge in [0.1, 0.15) is 6.04 Å². The maximum atomic E-state index is 12.8. The number of carbonyl (C=O) groups excluding carboxylic acids is 2. The fourth-order valence-electron chi connectivity index (χ4n) is 3.03. The highest BCUT2D eigenvalue weighted by Gasteiger charge is 2.31. The number of aromatic nitrogens is 3. The molecule has 0 bridgehead atoms. The molecule has 0 aliphatic carbocycles. The fourth-order valence-corrected chi connectivity index (χ4v) is 4.23. The normalized spacial score (nSPS) is 16.6. The van der Waals surface area contributed by atoms with E-state index in [1.165, 1.54) is 15.8 Å². The number of sulfone groups is 1. The zero-order chi connectivity index (χ0) is 21.7. The van der Waals surface area contributed by atoms with Crippen LogP contribution in [0.5, 0.6) is 0 Å². The first kappa shape index (κ1) is 21.4. The van der Waals surface area contributed by atoms with Crippen molar-refractivity contribution in [1.82, 2.24) is 25.2 Å². The Hall–Kier alpha value is -3.28. The van der Waals surface area contributed by atoms with Crippen molar-refractivity contribution < 1.29 is 27.9 Å². The second kappa shape index (κ2) is 9.03. The van der Waals surface area contributed by atoms with Crippen molar-refractivity contribution in [2.45, 2.75) is 18.9 Å². The summed E-state index contributed by atoms with van der Waals surface area (Å²) in [5.41, 5.74) is 0.977. The average Bonchev–Trinajstić information content (AvgIpc) is 3.25. The molecule has 0 saturated carbocycles. The van der Waals surface area contributed by atoms with Crippen molar-refractivity contribution in [2.75, 3.05) is 24.6 Å². The van der Waals surface area contributed by atoms with E-state index in [1.54, 1.807) is 30.5 Å². The number of hydrogen-bond acceptors (Lipinski definition) is 7. The number of carbonyl (C=O) groups is 3. The molecule has 2 heterocycles. The SMILES string of the molecule is O=C(O)CC[C@H](NC(=O)c1ccc(-n2ccnn2)cc1)C(=O)N1CCS(=O)(=O)CC1. The van der Waals surface area contributed by atoms with Gasteiger partial charge in [-0.25, -0.2) is 13.1 Å². The molecule has 1 fully saturated rings. The summed E-state index contributed by atoms with van der Waals surface area (Å²) in [7, 11) is -3.18. The van der Waals surface area contributed by atoms with E-state index in [2.05, 4.69) is 15.6 Å². The van der Waals surface area contributed by atoms with Gasteiger partial charge in [0.15, 0.2) is 9.84 Å². The second-order valence-electron chi connectivity index (χ2n) is 6.83. The van der Waals surface area contributed by atoms with Crippen LogP contribution in [-0.2, 0) is 19.4 Å². The van der Waals surface area contributed by atoms with E-state index >= 15 is 0 Å². The van der Waals surface area contributed by atoms with Crippen molar-refractivity contribution in [1.29, 1.82) is 0 Å².